The minimum atomic E-state index is -5.13. The maximum absolute atomic E-state index is 12.0. The topological polar surface area (TPSA) is 166 Å². The molecule has 0 fully saturated rings. The molecule has 1 rings (SSSR count). The molecule has 6 N–H and O–H groups in total. The van der Waals surface area contributed by atoms with Crippen LogP contribution >= 0.6 is 24.0 Å². The van der Waals surface area contributed by atoms with Gasteiger partial charge in [-0.1, -0.05) is 19.2 Å². The fourth-order valence-corrected chi connectivity index (χ4v) is 1.23. The number of alkyl halides is 6. The molecule has 10 nitrogen and oxygen atoms in total. The number of thiocarbonyl (C=S) groups is 1. The van der Waals surface area contributed by atoms with E-state index in [4.69, 9.17) is 5.73 Å². The lowest BCUT2D eigenvalue weighted by Gasteiger charge is -2.02. The van der Waals surface area contributed by atoms with Crippen molar-refractivity contribution in [2.45, 2.75) is 31.9 Å². The van der Waals surface area contributed by atoms with Crippen LogP contribution in [0.15, 0.2) is 9.95 Å². The highest BCUT2D eigenvalue weighted by molar-refractivity contribution is 7.98. The standard InChI is InChI=1S/C5H4F3N3OS.C5H5F3O3.CH5N3S.CH4/c1-13-4-9-3(12)2(10-11-4)5(6,7)8;1-2-11-4(10)3(9)5(6,7)8;2-1(5)4-3;/h1H3,(H,9,11,12);2H2,1H3;3H2,(H3,2,4,5);1H4. The van der Waals surface area contributed by atoms with Gasteiger partial charge < -0.3 is 15.9 Å². The summed E-state index contributed by atoms with van der Waals surface area (Å²) < 4.78 is 73.8. The number of ether oxygens (including phenoxy) is 1. The van der Waals surface area contributed by atoms with Gasteiger partial charge in [0.25, 0.3) is 5.56 Å². The maximum Gasteiger partial charge on any atom is 0.461 e. The third-order valence-electron chi connectivity index (χ3n) is 2.00. The lowest BCUT2D eigenvalue weighted by atomic mass is 10.4. The third-order valence-corrected chi connectivity index (χ3v) is 2.69. The molecule has 0 aliphatic carbocycles. The van der Waals surface area contributed by atoms with Crippen molar-refractivity contribution in [2.75, 3.05) is 12.9 Å². The number of halogens is 6. The summed E-state index contributed by atoms with van der Waals surface area (Å²) in [6.45, 7) is 1.06. The fraction of sp³-hybridized carbons (Fsp3) is 0.500. The van der Waals surface area contributed by atoms with E-state index in [1.807, 2.05) is 10.4 Å². The van der Waals surface area contributed by atoms with Gasteiger partial charge in [0.05, 0.1) is 6.61 Å². The van der Waals surface area contributed by atoms with Gasteiger partial charge in [0, 0.05) is 0 Å². The lowest BCUT2D eigenvalue weighted by Crippen LogP contribution is -2.34. The molecule has 0 unspecified atom stereocenters. The molecule has 0 aliphatic heterocycles. The minimum Gasteiger partial charge on any atom is -0.460 e. The first-order valence-corrected chi connectivity index (χ1v) is 8.37. The average Bonchev–Trinajstić information content (AvgIpc) is 2.60. The fourth-order valence-electron chi connectivity index (χ4n) is 0.912. The Kier molecular flexibility index (Phi) is 15.6. The molecular weight excluding hydrogens is 470 g/mol. The van der Waals surface area contributed by atoms with Crippen LogP contribution < -0.4 is 22.6 Å². The van der Waals surface area contributed by atoms with E-state index in [-0.39, 0.29) is 24.3 Å². The van der Waals surface area contributed by atoms with Gasteiger partial charge in [0.1, 0.15) is 0 Å². The first-order valence-electron chi connectivity index (χ1n) is 6.74. The third kappa shape index (κ3) is 13.7. The minimum absolute atomic E-state index is 0. The van der Waals surface area contributed by atoms with Gasteiger partial charge in [0.2, 0.25) is 5.69 Å². The van der Waals surface area contributed by atoms with E-state index in [0.717, 1.165) is 11.8 Å². The summed E-state index contributed by atoms with van der Waals surface area (Å²) in [7, 11) is 0. The number of esters is 1. The van der Waals surface area contributed by atoms with Crippen molar-refractivity contribution < 1.29 is 40.7 Å². The van der Waals surface area contributed by atoms with Crippen LogP contribution in [-0.4, -0.2) is 51.1 Å². The Morgan fingerprint density at radius 3 is 1.97 bits per heavy atom. The highest BCUT2D eigenvalue weighted by atomic mass is 32.2. The summed E-state index contributed by atoms with van der Waals surface area (Å²) in [6.07, 6.45) is -8.32. The van der Waals surface area contributed by atoms with Gasteiger partial charge in [-0.2, -0.15) is 26.3 Å². The first kappa shape index (κ1) is 32.2. The highest BCUT2D eigenvalue weighted by Gasteiger charge is 2.44. The van der Waals surface area contributed by atoms with Gasteiger partial charge in [-0.05, 0) is 25.4 Å². The molecule has 1 aromatic rings. The number of H-pyrrole nitrogens is 1. The van der Waals surface area contributed by atoms with E-state index in [0.29, 0.717) is 0 Å². The summed E-state index contributed by atoms with van der Waals surface area (Å²) in [6, 6.07) is 0. The summed E-state index contributed by atoms with van der Waals surface area (Å²) in [5.74, 6) is 0.321. The Hall–Kier alpha value is -2.47. The second-order valence-corrected chi connectivity index (χ2v) is 5.30. The molecule has 30 heavy (non-hydrogen) atoms. The van der Waals surface area contributed by atoms with Gasteiger partial charge in [-0.25, -0.2) is 10.6 Å². The van der Waals surface area contributed by atoms with Crippen LogP contribution in [0.4, 0.5) is 26.3 Å². The van der Waals surface area contributed by atoms with Gasteiger partial charge in [0.15, 0.2) is 10.3 Å². The average molecular weight is 488 g/mol. The number of hydrogen-bond donors (Lipinski definition) is 4. The summed E-state index contributed by atoms with van der Waals surface area (Å²) in [4.78, 5) is 32.8. The van der Waals surface area contributed by atoms with E-state index in [1.165, 1.54) is 6.92 Å². The summed E-state index contributed by atoms with van der Waals surface area (Å²) >= 11 is 5.24. The number of carbonyl (C=O) groups is 2. The molecule has 1 heterocycles. The van der Waals surface area contributed by atoms with E-state index in [2.05, 4.69) is 33.0 Å². The zero-order valence-electron chi connectivity index (χ0n) is 14.5. The van der Waals surface area contributed by atoms with Gasteiger partial charge in [-0.3, -0.25) is 14.6 Å². The number of thioether (sulfide) groups is 1. The maximum atomic E-state index is 12.0. The summed E-state index contributed by atoms with van der Waals surface area (Å²) in [5, 5.41) is 6.11. The lowest BCUT2D eigenvalue weighted by molar-refractivity contribution is -0.183. The normalized spacial score (nSPS) is 10.2. The Morgan fingerprint density at radius 2 is 1.70 bits per heavy atom. The predicted octanol–water partition coefficient (Wildman–Crippen LogP) is 0.916. The number of nitrogens with two attached hydrogens (primary N) is 2. The Labute approximate surface area is 175 Å². The number of rotatable bonds is 3. The Balaban J connectivity index is -0.000000392. The van der Waals surface area contributed by atoms with Crippen molar-refractivity contribution in [1.82, 2.24) is 20.6 Å². The first-order chi connectivity index (χ1) is 13.1. The molecule has 174 valence electrons. The van der Waals surface area contributed by atoms with E-state index in [1.54, 1.807) is 6.26 Å². The zero-order valence-corrected chi connectivity index (χ0v) is 16.1. The Bertz CT molecular complexity index is 756. The van der Waals surface area contributed by atoms with Crippen LogP contribution in [0.2, 0.25) is 0 Å². The molecular formula is C12H18F6N6O4S2. The predicted molar refractivity (Wildman–Crippen MR) is 98.0 cm³/mol. The van der Waals surface area contributed by atoms with E-state index < -0.39 is 35.4 Å². The van der Waals surface area contributed by atoms with Crippen LogP contribution in [0.25, 0.3) is 0 Å². The quantitative estimate of drug-likeness (QED) is 0.0909. The molecule has 0 saturated carbocycles. The Morgan fingerprint density at radius 1 is 1.23 bits per heavy atom. The van der Waals surface area contributed by atoms with Gasteiger partial charge in [-0.15, -0.1) is 10.2 Å². The number of ketones is 1. The number of aromatic amines is 1. The summed E-state index contributed by atoms with van der Waals surface area (Å²) in [5.41, 5.74) is 4.03. The molecule has 0 aromatic carbocycles. The molecule has 18 heteroatoms. The second-order valence-electron chi connectivity index (χ2n) is 4.07. The molecule has 1 aromatic heterocycles. The monoisotopic (exact) mass is 488 g/mol. The number of hydrogen-bond acceptors (Lipinski definition) is 9. The SMILES string of the molecule is C.CCOC(=O)C(=O)C(F)(F)F.CSc1nnc(C(F)(F)F)c(=O)[nH]1.NNC(N)=S. The van der Waals surface area contributed by atoms with Crippen LogP contribution in [0.5, 0.6) is 0 Å². The number of carbonyl (C=O) groups excluding carboxylic acids is 2. The van der Waals surface area contributed by atoms with Crippen LogP contribution in [0.3, 0.4) is 0 Å². The molecule has 0 saturated heterocycles. The molecule has 0 amide bonds. The van der Waals surface area contributed by atoms with Crippen molar-refractivity contribution in [3.63, 3.8) is 0 Å². The van der Waals surface area contributed by atoms with Crippen LogP contribution in [0, 0.1) is 0 Å². The van der Waals surface area contributed by atoms with Crippen molar-refractivity contribution in [3.05, 3.63) is 16.0 Å². The molecule has 0 spiro atoms. The zero-order chi connectivity index (χ0) is 23.4. The van der Waals surface area contributed by atoms with Crippen LogP contribution in [-0.2, 0) is 20.5 Å². The van der Waals surface area contributed by atoms with Crippen molar-refractivity contribution >= 4 is 40.8 Å². The van der Waals surface area contributed by atoms with E-state index in [9.17, 15) is 40.7 Å². The largest absolute Gasteiger partial charge is 0.461 e. The van der Waals surface area contributed by atoms with E-state index >= 15 is 0 Å². The molecule has 0 aliphatic rings. The van der Waals surface area contributed by atoms with Crippen molar-refractivity contribution in [1.29, 1.82) is 0 Å². The van der Waals surface area contributed by atoms with Crippen LogP contribution in [0.1, 0.15) is 20.0 Å². The number of hydrazine groups is 1. The number of nitrogens with zero attached hydrogens (tertiary/aromatic N) is 2. The molecule has 0 atom stereocenters. The second kappa shape index (κ2) is 14.5. The van der Waals surface area contributed by atoms with Crippen molar-refractivity contribution in [3.8, 4) is 0 Å². The molecule has 0 radical (unpaired) electrons. The number of aromatic nitrogens is 3. The van der Waals surface area contributed by atoms with Crippen molar-refractivity contribution in [2.24, 2.45) is 11.6 Å². The van der Waals surface area contributed by atoms with Gasteiger partial charge >= 0.3 is 24.1 Å². The smallest absolute Gasteiger partial charge is 0.460 e. The number of Topliss-reactive ketones (excluding diaryl/α,β-unsaturated/α-hetero) is 1. The highest BCUT2D eigenvalue weighted by Crippen LogP contribution is 2.24. The molecule has 0 bridgehead atoms. The number of nitrogens with one attached hydrogen (secondary N) is 2.